The summed E-state index contributed by atoms with van der Waals surface area (Å²) in [6, 6.07) is 31.3. The van der Waals surface area contributed by atoms with Crippen molar-refractivity contribution in [2.45, 2.75) is 19.4 Å². The maximum Gasteiger partial charge on any atom is 0.429 e. The van der Waals surface area contributed by atoms with Crippen LogP contribution in [0.5, 0.6) is 5.75 Å². The number of phenols is 1. The lowest BCUT2D eigenvalue weighted by atomic mass is 10.0. The molecule has 0 atom stereocenters. The van der Waals surface area contributed by atoms with Gasteiger partial charge in [0.1, 0.15) is 12.4 Å². The minimum Gasteiger partial charge on any atom is -0.508 e. The third kappa shape index (κ3) is 9.73. The van der Waals surface area contributed by atoms with Crippen molar-refractivity contribution in [3.63, 3.8) is 0 Å². The quantitative estimate of drug-likeness (QED) is 0.107. The fourth-order valence-electron chi connectivity index (χ4n) is 5.31. The third-order valence-corrected chi connectivity index (χ3v) is 7.66. The largest absolute Gasteiger partial charge is 0.508 e. The van der Waals surface area contributed by atoms with Crippen molar-refractivity contribution < 1.29 is 24.2 Å². The van der Waals surface area contributed by atoms with Crippen LogP contribution in [0, 0.1) is 6.42 Å². The standard InChI is InChI=1S/C37H40N5O5/c43-32-18-16-28(17-19-32)25-39-27-36(45)40-31-13-9-12-30(24-31)35(44)26-38-20-23-47-37(46)42(41-21-7-2-8-22-41)34-15-6-5-14-33(34)29-10-3-1-4-11-29/h1-6,9-19,24,38-39,43H,7-8,20-23,25-27H2,(H,40,45). The molecule has 4 aromatic rings. The first-order chi connectivity index (χ1) is 23.0. The molecule has 10 heteroatoms. The number of Topliss-reactive ketones (excluding diaryl/α,β-unsaturated/α-hetero) is 1. The molecular weight excluding hydrogens is 594 g/mol. The van der Waals surface area contributed by atoms with Gasteiger partial charge < -0.3 is 25.8 Å². The molecule has 0 bridgehead atoms. The van der Waals surface area contributed by atoms with Crippen molar-refractivity contribution >= 4 is 29.2 Å². The molecule has 0 aromatic heterocycles. The van der Waals surface area contributed by atoms with Crippen LogP contribution in [-0.2, 0) is 16.1 Å². The molecule has 1 radical (unpaired) electrons. The molecule has 0 spiro atoms. The Morgan fingerprint density at radius 1 is 0.809 bits per heavy atom. The summed E-state index contributed by atoms with van der Waals surface area (Å²) in [5.74, 6) is -0.202. The Balaban J connectivity index is 1.10. The number of amides is 2. The number of ether oxygens (including phenoxy) is 1. The van der Waals surface area contributed by atoms with Gasteiger partial charge in [-0.25, -0.2) is 14.8 Å². The Kier molecular flexibility index (Phi) is 12.1. The number of hydrazine groups is 1. The van der Waals surface area contributed by atoms with Gasteiger partial charge in [-0.05, 0) is 60.7 Å². The van der Waals surface area contributed by atoms with Crippen molar-refractivity contribution in [2.75, 3.05) is 49.7 Å². The minimum atomic E-state index is -0.468. The monoisotopic (exact) mass is 634 g/mol. The highest BCUT2D eigenvalue weighted by Crippen LogP contribution is 2.33. The summed E-state index contributed by atoms with van der Waals surface area (Å²) >= 11 is 0. The molecule has 1 aliphatic rings. The first-order valence-electron chi connectivity index (χ1n) is 15.8. The number of rotatable bonds is 14. The number of phenolic OH excluding ortho intramolecular Hbond substituents is 1. The molecule has 2 amide bonds. The molecular formula is C37H40N5O5. The Morgan fingerprint density at radius 2 is 1.55 bits per heavy atom. The highest BCUT2D eigenvalue weighted by Gasteiger charge is 2.28. The SMILES string of the molecule is O=C(CNCc1ccc(O)cc1)Nc1cccc(C(=O)CNCCOC(=O)N(c2ccccc2-c2ccccc2)N2CC[CH]CC2)c1. The molecule has 1 heterocycles. The average molecular weight is 635 g/mol. The van der Waals surface area contributed by atoms with Gasteiger partial charge in [0.25, 0.3) is 0 Å². The van der Waals surface area contributed by atoms with E-state index in [1.54, 1.807) is 53.5 Å². The molecule has 1 saturated heterocycles. The fraction of sp³-hybridized carbons (Fsp3) is 0.243. The zero-order valence-corrected chi connectivity index (χ0v) is 26.2. The number of nitrogens with one attached hydrogen (secondary N) is 3. The second kappa shape index (κ2) is 17.0. The lowest BCUT2D eigenvalue weighted by Gasteiger charge is -2.37. The Labute approximate surface area is 275 Å². The number of para-hydroxylation sites is 1. The molecule has 47 heavy (non-hydrogen) atoms. The number of carbonyl (C=O) groups excluding carboxylic acids is 3. The second-order valence-electron chi connectivity index (χ2n) is 11.1. The fourth-order valence-corrected chi connectivity index (χ4v) is 5.31. The van der Waals surface area contributed by atoms with Crippen LogP contribution in [0.4, 0.5) is 16.2 Å². The van der Waals surface area contributed by atoms with Crippen LogP contribution in [0.25, 0.3) is 11.1 Å². The van der Waals surface area contributed by atoms with Crippen LogP contribution < -0.4 is 21.0 Å². The maximum atomic E-state index is 13.5. The molecule has 1 fully saturated rings. The Hall–Kier alpha value is -5.03. The van der Waals surface area contributed by atoms with Crippen molar-refractivity contribution in [3.8, 4) is 16.9 Å². The summed E-state index contributed by atoms with van der Waals surface area (Å²) in [4.78, 5) is 38.8. The molecule has 10 nitrogen and oxygen atoms in total. The zero-order valence-electron chi connectivity index (χ0n) is 26.2. The van der Waals surface area contributed by atoms with Crippen LogP contribution in [0.2, 0.25) is 0 Å². The van der Waals surface area contributed by atoms with E-state index in [4.69, 9.17) is 4.74 Å². The molecule has 0 unspecified atom stereocenters. The lowest BCUT2D eigenvalue weighted by molar-refractivity contribution is -0.115. The van der Waals surface area contributed by atoms with E-state index < -0.39 is 6.09 Å². The van der Waals surface area contributed by atoms with Gasteiger partial charge in [0.05, 0.1) is 18.8 Å². The number of piperidine rings is 1. The first-order valence-corrected chi connectivity index (χ1v) is 15.8. The van der Waals surface area contributed by atoms with Crippen LogP contribution in [0.3, 0.4) is 0 Å². The predicted octanol–water partition coefficient (Wildman–Crippen LogP) is 5.42. The average Bonchev–Trinajstić information content (AvgIpc) is 3.10. The molecule has 0 aliphatic carbocycles. The Morgan fingerprint density at radius 3 is 2.34 bits per heavy atom. The number of aromatic hydroxyl groups is 1. The molecule has 5 rings (SSSR count). The van der Waals surface area contributed by atoms with E-state index in [2.05, 4.69) is 22.4 Å². The summed E-state index contributed by atoms with van der Waals surface area (Å²) in [5.41, 5.74) is 4.62. The highest BCUT2D eigenvalue weighted by atomic mass is 16.6. The van der Waals surface area contributed by atoms with E-state index in [1.807, 2.05) is 59.6 Å². The van der Waals surface area contributed by atoms with Crippen molar-refractivity contribution in [2.24, 2.45) is 0 Å². The number of anilines is 2. The summed E-state index contributed by atoms with van der Waals surface area (Å²) in [7, 11) is 0. The topological polar surface area (TPSA) is 123 Å². The molecule has 0 saturated carbocycles. The number of nitrogens with zero attached hydrogens (tertiary/aromatic N) is 2. The summed E-state index contributed by atoms with van der Waals surface area (Å²) < 4.78 is 5.72. The molecule has 243 valence electrons. The van der Waals surface area contributed by atoms with E-state index in [0.29, 0.717) is 37.4 Å². The van der Waals surface area contributed by atoms with E-state index in [0.717, 1.165) is 35.2 Å². The lowest BCUT2D eigenvalue weighted by Crippen LogP contribution is -2.50. The van der Waals surface area contributed by atoms with Crippen LogP contribution >= 0.6 is 0 Å². The van der Waals surface area contributed by atoms with Gasteiger partial charge >= 0.3 is 6.09 Å². The second-order valence-corrected chi connectivity index (χ2v) is 11.1. The maximum absolute atomic E-state index is 13.5. The number of hydrogen-bond donors (Lipinski definition) is 4. The van der Waals surface area contributed by atoms with E-state index in [-0.39, 0.29) is 37.1 Å². The number of carbonyl (C=O) groups is 3. The summed E-state index contributed by atoms with van der Waals surface area (Å²) in [5, 5.41) is 22.0. The van der Waals surface area contributed by atoms with Gasteiger partial charge in [-0.2, -0.15) is 0 Å². The van der Waals surface area contributed by atoms with Gasteiger partial charge in [-0.3, -0.25) is 9.59 Å². The smallest absolute Gasteiger partial charge is 0.429 e. The van der Waals surface area contributed by atoms with Crippen molar-refractivity contribution in [3.05, 3.63) is 121 Å². The van der Waals surface area contributed by atoms with Gasteiger partial charge in [0.2, 0.25) is 5.91 Å². The normalized spacial score (nSPS) is 13.1. The summed E-state index contributed by atoms with van der Waals surface area (Å²) in [6.07, 6.45) is 3.52. The van der Waals surface area contributed by atoms with Gasteiger partial charge in [0.15, 0.2) is 5.78 Å². The zero-order chi connectivity index (χ0) is 32.8. The van der Waals surface area contributed by atoms with Crippen molar-refractivity contribution in [1.29, 1.82) is 0 Å². The third-order valence-electron chi connectivity index (χ3n) is 7.66. The predicted molar refractivity (Wildman–Crippen MR) is 183 cm³/mol. The van der Waals surface area contributed by atoms with Crippen LogP contribution in [-0.4, -0.2) is 67.2 Å². The van der Waals surface area contributed by atoms with Crippen LogP contribution in [0.15, 0.2) is 103 Å². The first kappa shape index (κ1) is 33.3. The van der Waals surface area contributed by atoms with E-state index in [9.17, 15) is 19.5 Å². The summed E-state index contributed by atoms with van der Waals surface area (Å²) in [6.45, 7) is 2.41. The highest BCUT2D eigenvalue weighted by molar-refractivity contribution is 6.00. The van der Waals surface area contributed by atoms with Crippen molar-refractivity contribution in [1.82, 2.24) is 15.6 Å². The molecule has 1 aliphatic heterocycles. The molecule has 4 N–H and O–H groups in total. The van der Waals surface area contributed by atoms with Gasteiger partial charge in [-0.1, -0.05) is 72.8 Å². The van der Waals surface area contributed by atoms with E-state index >= 15 is 0 Å². The van der Waals surface area contributed by atoms with Gasteiger partial charge in [-0.15, -0.1) is 0 Å². The number of hydrogen-bond acceptors (Lipinski definition) is 8. The van der Waals surface area contributed by atoms with E-state index in [1.165, 1.54) is 0 Å². The van der Waals surface area contributed by atoms with Gasteiger partial charge in [0, 0.05) is 43.0 Å². The number of benzene rings is 4. The van der Waals surface area contributed by atoms with Crippen LogP contribution in [0.1, 0.15) is 28.8 Å². The Bertz CT molecular complexity index is 1620. The minimum absolute atomic E-state index is 0.0473. The number of ketones is 1. The molecule has 4 aromatic carbocycles.